The first kappa shape index (κ1) is 18.3. The summed E-state index contributed by atoms with van der Waals surface area (Å²) in [7, 11) is 0. The normalized spacial score (nSPS) is 10.7. The minimum absolute atomic E-state index is 0.245. The van der Waals surface area contributed by atoms with Crippen LogP contribution in [-0.4, -0.2) is 46.6 Å². The summed E-state index contributed by atoms with van der Waals surface area (Å²) in [6, 6.07) is 0. The summed E-state index contributed by atoms with van der Waals surface area (Å²) in [5.41, 5.74) is 0. The van der Waals surface area contributed by atoms with Gasteiger partial charge in [0, 0.05) is 19.6 Å². The summed E-state index contributed by atoms with van der Waals surface area (Å²) < 4.78 is 0. The van der Waals surface area contributed by atoms with Crippen LogP contribution in [0.3, 0.4) is 0 Å². The predicted molar refractivity (Wildman–Crippen MR) is 93.7 cm³/mol. The second-order valence-electron chi connectivity index (χ2n) is 4.73. The highest BCUT2D eigenvalue weighted by Crippen LogP contribution is 2.13. The van der Waals surface area contributed by atoms with Crippen molar-refractivity contribution in [2.75, 3.05) is 41.9 Å². The zero-order valence-corrected chi connectivity index (χ0v) is 14.8. The van der Waals surface area contributed by atoms with Gasteiger partial charge in [-0.25, -0.2) is 0 Å². The molecule has 0 saturated carbocycles. The lowest BCUT2D eigenvalue weighted by atomic mass is 10.2. The topological polar surface area (TPSA) is 53.9 Å². The third kappa shape index (κ3) is 7.18. The van der Waals surface area contributed by atoms with Gasteiger partial charge in [-0.3, -0.25) is 0 Å². The van der Waals surface area contributed by atoms with E-state index in [1.165, 1.54) is 25.0 Å². The molecule has 1 heterocycles. The third-order valence-electron chi connectivity index (χ3n) is 3.20. The third-order valence-corrected chi connectivity index (χ3v) is 4.07. The summed E-state index contributed by atoms with van der Waals surface area (Å²) in [4.78, 5) is 14.8. The maximum atomic E-state index is 5.97. The van der Waals surface area contributed by atoms with Crippen LogP contribution in [0.4, 0.5) is 11.9 Å². The van der Waals surface area contributed by atoms with E-state index < -0.39 is 0 Å². The van der Waals surface area contributed by atoms with E-state index in [0.717, 1.165) is 26.1 Å². The molecule has 0 fully saturated rings. The molecule has 1 aromatic rings. The van der Waals surface area contributed by atoms with Crippen LogP contribution in [-0.2, 0) is 0 Å². The molecule has 1 rings (SSSR count). The molecule has 120 valence electrons. The average Bonchev–Trinajstić information content (AvgIpc) is 2.47. The van der Waals surface area contributed by atoms with E-state index in [2.05, 4.69) is 45.3 Å². The van der Waals surface area contributed by atoms with Crippen LogP contribution in [0, 0.1) is 0 Å². The van der Waals surface area contributed by atoms with Crippen molar-refractivity contribution in [3.8, 4) is 0 Å². The molecule has 0 bridgehead atoms. The van der Waals surface area contributed by atoms with Gasteiger partial charge in [0.1, 0.15) is 0 Å². The minimum Gasteiger partial charge on any atom is -0.354 e. The Kier molecular flexibility index (Phi) is 9.50. The van der Waals surface area contributed by atoms with Crippen LogP contribution in [0.25, 0.3) is 0 Å². The summed E-state index contributed by atoms with van der Waals surface area (Å²) in [5, 5.41) is 3.49. The molecular weight excluding hydrogens is 306 g/mol. The van der Waals surface area contributed by atoms with Crippen molar-refractivity contribution >= 4 is 35.3 Å². The lowest BCUT2D eigenvalue weighted by Crippen LogP contribution is -2.25. The zero-order chi connectivity index (χ0) is 15.5. The Morgan fingerprint density at radius 3 is 2.43 bits per heavy atom. The highest BCUT2D eigenvalue weighted by atomic mass is 35.5. The monoisotopic (exact) mass is 331 g/mol. The van der Waals surface area contributed by atoms with E-state index in [9.17, 15) is 0 Å². The van der Waals surface area contributed by atoms with E-state index in [1.807, 2.05) is 11.8 Å². The van der Waals surface area contributed by atoms with E-state index in [1.54, 1.807) is 0 Å². The van der Waals surface area contributed by atoms with Gasteiger partial charge in [0.25, 0.3) is 0 Å². The molecule has 0 radical (unpaired) electrons. The maximum Gasteiger partial charge on any atom is 0.231 e. The second-order valence-corrected chi connectivity index (χ2v) is 6.06. The zero-order valence-electron chi connectivity index (χ0n) is 13.2. The molecule has 0 atom stereocenters. The number of hydrogen-bond donors (Lipinski definition) is 1. The quantitative estimate of drug-likeness (QED) is 0.624. The van der Waals surface area contributed by atoms with Gasteiger partial charge < -0.3 is 10.2 Å². The van der Waals surface area contributed by atoms with Crippen molar-refractivity contribution in [1.29, 1.82) is 0 Å². The van der Waals surface area contributed by atoms with Crippen LogP contribution >= 0.6 is 23.4 Å². The second kappa shape index (κ2) is 10.9. The van der Waals surface area contributed by atoms with Gasteiger partial charge in [0.2, 0.25) is 17.2 Å². The van der Waals surface area contributed by atoms with E-state index in [0.29, 0.717) is 11.9 Å². The summed E-state index contributed by atoms with van der Waals surface area (Å²) >= 11 is 7.88. The Bertz CT molecular complexity index is 401. The van der Waals surface area contributed by atoms with Gasteiger partial charge in [-0.15, -0.1) is 0 Å². The average molecular weight is 332 g/mol. The van der Waals surface area contributed by atoms with Crippen LogP contribution < -0.4 is 10.2 Å². The number of aromatic nitrogens is 3. The molecule has 1 aromatic heterocycles. The van der Waals surface area contributed by atoms with Crippen molar-refractivity contribution in [3.63, 3.8) is 0 Å². The molecule has 21 heavy (non-hydrogen) atoms. The summed E-state index contributed by atoms with van der Waals surface area (Å²) in [5.74, 6) is 2.47. The molecular formula is C14H26ClN5S. The standard InChI is InChI=1S/C14H26ClN5S/c1-4-20(5-2)14-18-12(15)17-13(19-14)16-10-8-6-7-9-11-21-3/h4-11H2,1-3H3,(H,16,17,18,19). The van der Waals surface area contributed by atoms with Crippen molar-refractivity contribution in [2.24, 2.45) is 0 Å². The molecule has 1 N–H and O–H groups in total. The first-order valence-corrected chi connectivity index (χ1v) is 9.37. The van der Waals surface area contributed by atoms with Crippen LogP contribution in [0.5, 0.6) is 0 Å². The molecule has 0 aliphatic carbocycles. The molecule has 0 aromatic carbocycles. The first-order valence-electron chi connectivity index (χ1n) is 7.60. The van der Waals surface area contributed by atoms with Crippen LogP contribution in [0.2, 0.25) is 5.28 Å². The Hall–Kier alpha value is -0.750. The maximum absolute atomic E-state index is 5.97. The fourth-order valence-electron chi connectivity index (χ4n) is 1.99. The van der Waals surface area contributed by atoms with Crippen molar-refractivity contribution in [2.45, 2.75) is 39.5 Å². The molecule has 0 amide bonds. The van der Waals surface area contributed by atoms with Gasteiger partial charge in [-0.2, -0.15) is 26.7 Å². The summed E-state index contributed by atoms with van der Waals surface area (Å²) in [6.07, 6.45) is 7.09. The SMILES string of the molecule is CCN(CC)c1nc(Cl)nc(NCCCCCCSC)n1. The Morgan fingerprint density at radius 2 is 1.76 bits per heavy atom. The minimum atomic E-state index is 0.245. The summed E-state index contributed by atoms with van der Waals surface area (Å²) in [6.45, 7) is 6.72. The largest absolute Gasteiger partial charge is 0.354 e. The number of nitrogens with zero attached hydrogens (tertiary/aromatic N) is 4. The highest BCUT2D eigenvalue weighted by molar-refractivity contribution is 7.98. The lowest BCUT2D eigenvalue weighted by Gasteiger charge is -2.18. The number of hydrogen-bond acceptors (Lipinski definition) is 6. The van der Waals surface area contributed by atoms with Crippen LogP contribution in [0.1, 0.15) is 39.5 Å². The van der Waals surface area contributed by atoms with Crippen LogP contribution in [0.15, 0.2) is 0 Å². The Labute approximate surface area is 137 Å². The molecule has 7 heteroatoms. The first-order chi connectivity index (χ1) is 10.2. The Morgan fingerprint density at radius 1 is 1.05 bits per heavy atom. The number of nitrogens with one attached hydrogen (secondary N) is 1. The van der Waals surface area contributed by atoms with Gasteiger partial charge in [-0.1, -0.05) is 12.8 Å². The number of halogens is 1. The molecule has 0 spiro atoms. The fraction of sp³-hybridized carbons (Fsp3) is 0.786. The van der Waals surface area contributed by atoms with Gasteiger partial charge >= 0.3 is 0 Å². The van der Waals surface area contributed by atoms with Gasteiger partial charge in [0.15, 0.2) is 0 Å². The Balaban J connectivity index is 2.41. The fourth-order valence-corrected chi connectivity index (χ4v) is 2.64. The lowest BCUT2D eigenvalue weighted by molar-refractivity contribution is 0.686. The number of thioether (sulfide) groups is 1. The predicted octanol–water partition coefficient (Wildman–Crippen LogP) is 3.71. The number of unbranched alkanes of at least 4 members (excludes halogenated alkanes) is 3. The van der Waals surface area contributed by atoms with E-state index in [4.69, 9.17) is 11.6 Å². The molecule has 0 unspecified atom stereocenters. The smallest absolute Gasteiger partial charge is 0.231 e. The molecule has 0 saturated heterocycles. The molecule has 0 aliphatic rings. The van der Waals surface area contributed by atoms with Crippen molar-refractivity contribution < 1.29 is 0 Å². The van der Waals surface area contributed by atoms with E-state index in [-0.39, 0.29) is 5.28 Å². The van der Waals surface area contributed by atoms with E-state index >= 15 is 0 Å². The van der Waals surface area contributed by atoms with Gasteiger partial charge in [0.05, 0.1) is 0 Å². The molecule has 5 nitrogen and oxygen atoms in total. The number of anilines is 2. The number of rotatable bonds is 11. The van der Waals surface area contributed by atoms with Gasteiger partial charge in [-0.05, 0) is 50.3 Å². The van der Waals surface area contributed by atoms with Crippen molar-refractivity contribution in [1.82, 2.24) is 15.0 Å². The molecule has 0 aliphatic heterocycles. The van der Waals surface area contributed by atoms with Crippen molar-refractivity contribution in [3.05, 3.63) is 5.28 Å². The highest BCUT2D eigenvalue weighted by Gasteiger charge is 2.09.